The molecular weight excluding hydrogens is 820 g/mol. The van der Waals surface area contributed by atoms with Gasteiger partial charge < -0.3 is 9.80 Å². The summed E-state index contributed by atoms with van der Waals surface area (Å²) in [6.45, 7) is 15.3. The van der Waals surface area contributed by atoms with Crippen molar-refractivity contribution in [3.63, 3.8) is 0 Å². The summed E-state index contributed by atoms with van der Waals surface area (Å²) in [4.78, 5) is 5.17. The van der Waals surface area contributed by atoms with E-state index >= 15 is 0 Å². The molecule has 7 rings (SSSR count). The number of hydrogen-bond donors (Lipinski definition) is 0. The fourth-order valence-electron chi connectivity index (χ4n) is 8.46. The molecule has 1 saturated heterocycles. The second-order valence-corrected chi connectivity index (χ2v) is 17.9. The molecule has 5 aromatic carbocycles. The molecule has 282 valence electrons. The summed E-state index contributed by atoms with van der Waals surface area (Å²) in [6, 6.07) is 37.1. The van der Waals surface area contributed by atoms with Crippen molar-refractivity contribution in [2.45, 2.75) is 60.3 Å². The van der Waals surface area contributed by atoms with Crippen LogP contribution in [0.1, 0.15) is 56.5 Å². The van der Waals surface area contributed by atoms with Crippen LogP contribution >= 0.6 is 31.1 Å². The maximum atomic E-state index is 7.12. The molecule has 0 atom stereocenters. The molecule has 2 aliphatic rings. The van der Waals surface area contributed by atoms with Crippen LogP contribution in [-0.4, -0.2) is 13.1 Å². The summed E-state index contributed by atoms with van der Waals surface area (Å²) < 4.78 is 0. The number of anilines is 2. The predicted octanol–water partition coefficient (Wildman–Crippen LogP) is 14.2. The van der Waals surface area contributed by atoms with Gasteiger partial charge >= 0.3 is 0 Å². The standard InChI is InChI=1S/C49H49Cl2N2P.Ru/c1-33-25-35(3)47(36(4)26-33)52-23-24-53(48-37(5)27-34(2)28-38(48)6)49(52)42-20-13-19-41(29-42)30-45(43-21-14-22-44(50)46(43)51)54(31-39-15-9-7-10-16-39)32-40-17-11-8-12-18-40;/h7-22,25-28,30H,23-24,29,31-32H2,1-6H3;. The average molecular weight is 869 g/mol. The second-order valence-electron chi connectivity index (χ2n) is 14.9. The van der Waals surface area contributed by atoms with Gasteiger partial charge in [0, 0.05) is 55.9 Å². The summed E-state index contributed by atoms with van der Waals surface area (Å²) >= 11 is 13.9. The van der Waals surface area contributed by atoms with Gasteiger partial charge in [0.05, 0.1) is 10.0 Å². The number of rotatable bonds is 9. The zero-order valence-corrected chi connectivity index (χ0v) is 36.8. The number of aryl methyl sites for hydroxylation is 6. The minimum Gasteiger partial charge on any atom is -0.325 e. The van der Waals surface area contributed by atoms with E-state index in [1.165, 1.54) is 78.2 Å². The molecule has 2 nitrogen and oxygen atoms in total. The molecule has 0 amide bonds. The van der Waals surface area contributed by atoms with Gasteiger partial charge in [-0.05, 0) is 110 Å². The van der Waals surface area contributed by atoms with E-state index in [2.05, 4.69) is 167 Å². The molecule has 5 aromatic rings. The van der Waals surface area contributed by atoms with E-state index in [1.54, 1.807) is 0 Å². The number of benzene rings is 5. The monoisotopic (exact) mass is 868 g/mol. The Kier molecular flexibility index (Phi) is 13.4. The Morgan fingerprint density at radius 1 is 0.655 bits per heavy atom. The zero-order chi connectivity index (χ0) is 37.9. The van der Waals surface area contributed by atoms with Crippen LogP contribution < -0.4 is 9.80 Å². The first-order chi connectivity index (χ1) is 26.1. The third kappa shape index (κ3) is 9.14. The van der Waals surface area contributed by atoms with Crippen LogP contribution in [0.4, 0.5) is 11.4 Å². The first kappa shape index (κ1) is 40.9. The van der Waals surface area contributed by atoms with Crippen molar-refractivity contribution >= 4 is 47.8 Å². The molecule has 0 bridgehead atoms. The number of halogens is 2. The van der Waals surface area contributed by atoms with Crippen LogP contribution in [0.15, 0.2) is 144 Å². The Morgan fingerprint density at radius 2 is 1.15 bits per heavy atom. The Hall–Kier alpha value is -3.71. The van der Waals surface area contributed by atoms with Gasteiger partial charge in [-0.3, -0.25) is 0 Å². The topological polar surface area (TPSA) is 6.48 Å². The third-order valence-electron chi connectivity index (χ3n) is 10.5. The van der Waals surface area contributed by atoms with Crippen LogP contribution in [0, 0.1) is 41.5 Å². The van der Waals surface area contributed by atoms with E-state index in [0.29, 0.717) is 10.0 Å². The molecule has 0 saturated carbocycles. The summed E-state index contributed by atoms with van der Waals surface area (Å²) in [5.74, 6) is 1.27. The quantitative estimate of drug-likeness (QED) is 0.108. The number of allylic oxidation sites excluding steroid dienone is 6. The number of hydrogen-bond acceptors (Lipinski definition) is 2. The first-order valence-corrected chi connectivity index (χ1v) is 21.3. The largest absolute Gasteiger partial charge is 0.325 e. The fraction of sp³-hybridized carbons (Fsp3) is 0.224. The molecule has 0 aromatic heterocycles. The van der Waals surface area contributed by atoms with Crippen molar-refractivity contribution in [1.82, 2.24) is 0 Å². The summed E-state index contributed by atoms with van der Waals surface area (Å²) in [5.41, 5.74) is 16.7. The molecular formula is C49H49Cl2N2PRu. The van der Waals surface area contributed by atoms with Crippen LogP contribution in [-0.2, 0) is 31.8 Å². The van der Waals surface area contributed by atoms with Crippen molar-refractivity contribution in [3.05, 3.63) is 205 Å². The molecule has 1 heterocycles. The zero-order valence-electron chi connectivity index (χ0n) is 32.6. The van der Waals surface area contributed by atoms with Crippen molar-refractivity contribution in [2.24, 2.45) is 0 Å². The molecule has 1 aliphatic carbocycles. The molecule has 0 N–H and O–H groups in total. The maximum Gasteiger partial charge on any atom is 0.117 e. The van der Waals surface area contributed by atoms with Gasteiger partial charge in [0.2, 0.25) is 0 Å². The normalized spacial score (nSPS) is 14.5. The minimum atomic E-state index is -0.728. The smallest absolute Gasteiger partial charge is 0.117 e. The Balaban J connectivity index is 0.00000514. The van der Waals surface area contributed by atoms with Crippen LogP contribution in [0.5, 0.6) is 0 Å². The van der Waals surface area contributed by atoms with E-state index in [1.807, 2.05) is 12.1 Å². The first-order valence-electron chi connectivity index (χ1n) is 18.9. The molecule has 1 aliphatic heterocycles. The number of nitrogens with zero attached hydrogens (tertiary/aromatic N) is 2. The van der Waals surface area contributed by atoms with Crippen LogP contribution in [0.25, 0.3) is 5.31 Å². The Labute approximate surface area is 352 Å². The summed E-state index contributed by atoms with van der Waals surface area (Å²) in [6.07, 6.45) is 12.0. The Morgan fingerprint density at radius 3 is 1.64 bits per heavy atom. The van der Waals surface area contributed by atoms with Crippen molar-refractivity contribution in [2.75, 3.05) is 22.9 Å². The van der Waals surface area contributed by atoms with E-state index < -0.39 is 7.92 Å². The van der Waals surface area contributed by atoms with Gasteiger partial charge in [-0.25, -0.2) is 0 Å². The van der Waals surface area contributed by atoms with Crippen molar-refractivity contribution < 1.29 is 19.5 Å². The van der Waals surface area contributed by atoms with Crippen molar-refractivity contribution in [3.8, 4) is 0 Å². The molecule has 6 heteroatoms. The van der Waals surface area contributed by atoms with Gasteiger partial charge in [0.25, 0.3) is 0 Å². The van der Waals surface area contributed by atoms with Gasteiger partial charge in [-0.15, -0.1) is 0 Å². The van der Waals surface area contributed by atoms with Crippen molar-refractivity contribution in [1.29, 1.82) is 0 Å². The van der Waals surface area contributed by atoms with E-state index in [9.17, 15) is 0 Å². The summed E-state index contributed by atoms with van der Waals surface area (Å²) in [5, 5.41) is 2.47. The predicted molar refractivity (Wildman–Crippen MR) is 237 cm³/mol. The fourth-order valence-corrected chi connectivity index (χ4v) is 11.6. The van der Waals surface area contributed by atoms with E-state index in [-0.39, 0.29) is 19.5 Å². The molecule has 0 radical (unpaired) electrons. The molecule has 1 fully saturated rings. The van der Waals surface area contributed by atoms with Gasteiger partial charge in [0.1, 0.15) is 5.82 Å². The SMILES string of the molecule is Cc1cc(C)c(N2CCN(c3c(C)cc(C)cc3C)C2=C2C=CC=C(C=C(c3cccc(Cl)c3Cl)P(Cc3ccccc3)Cc3ccccc3)C2)c(C)c1.[Ru]. The average Bonchev–Trinajstić information content (AvgIpc) is 3.55. The Bertz CT molecular complexity index is 2150. The van der Waals surface area contributed by atoms with Crippen LogP contribution in [0.3, 0.4) is 0 Å². The second kappa shape index (κ2) is 18.0. The minimum absolute atomic E-state index is 0. The van der Waals surface area contributed by atoms with Gasteiger partial charge in [0.15, 0.2) is 0 Å². The van der Waals surface area contributed by atoms with E-state index in [0.717, 1.165) is 37.4 Å². The van der Waals surface area contributed by atoms with Crippen LogP contribution in [0.2, 0.25) is 10.0 Å². The molecule has 0 spiro atoms. The van der Waals surface area contributed by atoms with E-state index in [4.69, 9.17) is 23.2 Å². The third-order valence-corrected chi connectivity index (χ3v) is 13.8. The maximum absolute atomic E-state index is 7.12. The summed E-state index contributed by atoms with van der Waals surface area (Å²) in [7, 11) is -0.728. The molecule has 55 heavy (non-hydrogen) atoms. The van der Waals surface area contributed by atoms with Gasteiger partial charge in [-0.1, -0.05) is 164 Å². The van der Waals surface area contributed by atoms with Gasteiger partial charge in [-0.2, -0.15) is 0 Å². The molecule has 0 unspecified atom stereocenters.